The minimum atomic E-state index is -0.931. The lowest BCUT2D eigenvalue weighted by Gasteiger charge is -2.08. The van der Waals surface area contributed by atoms with Crippen LogP contribution >= 0.6 is 0 Å². The molecule has 1 N–H and O–H groups in total. The molecular formula is C12H11N3O3. The SMILES string of the molecule is Cc1ccc(NC(=O)C2(C#N)CC2)cc1[N+](=O)[O-]. The molecule has 0 spiro atoms. The first-order valence-electron chi connectivity index (χ1n) is 5.46. The number of aryl methyl sites for hydroxylation is 1. The van der Waals surface area contributed by atoms with Gasteiger partial charge in [0.05, 0.1) is 11.0 Å². The first kappa shape index (κ1) is 12.0. The molecule has 0 saturated heterocycles. The second kappa shape index (κ2) is 4.11. The average molecular weight is 245 g/mol. The average Bonchev–Trinajstić information content (AvgIpc) is 3.12. The number of anilines is 1. The van der Waals surface area contributed by atoms with E-state index in [4.69, 9.17) is 5.26 Å². The molecule has 6 nitrogen and oxygen atoms in total. The van der Waals surface area contributed by atoms with E-state index in [1.54, 1.807) is 19.1 Å². The Bertz CT molecular complexity index is 570. The van der Waals surface area contributed by atoms with Gasteiger partial charge in [-0.2, -0.15) is 5.26 Å². The Labute approximate surface area is 103 Å². The molecule has 6 heteroatoms. The van der Waals surface area contributed by atoms with Gasteiger partial charge >= 0.3 is 0 Å². The summed E-state index contributed by atoms with van der Waals surface area (Å²) in [5, 5.41) is 22.2. The molecule has 1 aliphatic carbocycles. The summed E-state index contributed by atoms with van der Waals surface area (Å²) in [4.78, 5) is 22.1. The fraction of sp³-hybridized carbons (Fsp3) is 0.333. The molecular weight excluding hydrogens is 234 g/mol. The number of hydrogen-bond acceptors (Lipinski definition) is 4. The van der Waals surface area contributed by atoms with Crippen molar-refractivity contribution < 1.29 is 9.72 Å². The summed E-state index contributed by atoms with van der Waals surface area (Å²) >= 11 is 0. The molecule has 92 valence electrons. The molecule has 0 heterocycles. The normalized spacial score (nSPS) is 15.6. The molecule has 18 heavy (non-hydrogen) atoms. The summed E-state index contributed by atoms with van der Waals surface area (Å²) in [5.74, 6) is -0.386. The van der Waals surface area contributed by atoms with Gasteiger partial charge in [0.25, 0.3) is 5.69 Å². The number of nitriles is 1. The topological polar surface area (TPSA) is 96.0 Å². The fourth-order valence-corrected chi connectivity index (χ4v) is 1.65. The molecule has 1 saturated carbocycles. The van der Waals surface area contributed by atoms with E-state index in [-0.39, 0.29) is 11.6 Å². The van der Waals surface area contributed by atoms with Crippen molar-refractivity contribution in [1.29, 1.82) is 5.26 Å². The molecule has 1 fully saturated rings. The number of carbonyl (C=O) groups is 1. The zero-order chi connectivity index (χ0) is 13.3. The first-order valence-corrected chi connectivity index (χ1v) is 5.46. The number of amides is 1. The van der Waals surface area contributed by atoms with Crippen molar-refractivity contribution in [3.63, 3.8) is 0 Å². The van der Waals surface area contributed by atoms with Crippen molar-refractivity contribution in [2.45, 2.75) is 19.8 Å². The zero-order valence-electron chi connectivity index (χ0n) is 9.77. The minimum absolute atomic E-state index is 0.0467. The largest absolute Gasteiger partial charge is 0.324 e. The maximum absolute atomic E-state index is 11.8. The summed E-state index contributed by atoms with van der Waals surface area (Å²) in [6.45, 7) is 1.63. The van der Waals surface area contributed by atoms with Crippen LogP contribution in [0.5, 0.6) is 0 Å². The summed E-state index contributed by atoms with van der Waals surface area (Å²) < 4.78 is 0. The Morgan fingerprint density at radius 3 is 2.72 bits per heavy atom. The molecule has 2 rings (SSSR count). The van der Waals surface area contributed by atoms with Crippen molar-refractivity contribution in [2.75, 3.05) is 5.32 Å². The molecule has 1 amide bonds. The second-order valence-corrected chi connectivity index (χ2v) is 4.41. The number of nitrogens with zero attached hydrogens (tertiary/aromatic N) is 2. The van der Waals surface area contributed by atoms with Gasteiger partial charge in [0, 0.05) is 17.3 Å². The molecule has 0 atom stereocenters. The quantitative estimate of drug-likeness (QED) is 0.651. The molecule has 0 aromatic heterocycles. The van der Waals surface area contributed by atoms with E-state index in [1.165, 1.54) is 6.07 Å². The van der Waals surface area contributed by atoms with Crippen LogP contribution < -0.4 is 5.32 Å². The third kappa shape index (κ3) is 2.02. The summed E-state index contributed by atoms with van der Waals surface area (Å²) in [5.41, 5.74) is -0.104. The third-order valence-corrected chi connectivity index (χ3v) is 3.06. The van der Waals surface area contributed by atoms with Crippen LogP contribution in [0.1, 0.15) is 18.4 Å². The summed E-state index contributed by atoms with van der Waals surface area (Å²) in [7, 11) is 0. The van der Waals surface area contributed by atoms with Gasteiger partial charge in [-0.05, 0) is 25.8 Å². The number of carbonyl (C=O) groups excluding carboxylic acids is 1. The smallest absolute Gasteiger partial charge is 0.274 e. The van der Waals surface area contributed by atoms with Gasteiger partial charge in [0.2, 0.25) is 5.91 Å². The van der Waals surface area contributed by atoms with Crippen LogP contribution in [0.2, 0.25) is 0 Å². The lowest BCUT2D eigenvalue weighted by atomic mass is 10.1. The third-order valence-electron chi connectivity index (χ3n) is 3.06. The summed E-state index contributed by atoms with van der Waals surface area (Å²) in [6.07, 6.45) is 1.09. The highest BCUT2D eigenvalue weighted by Crippen LogP contribution is 2.45. The van der Waals surface area contributed by atoms with Crippen molar-refractivity contribution in [3.05, 3.63) is 33.9 Å². The van der Waals surface area contributed by atoms with Crippen LogP contribution in [-0.2, 0) is 4.79 Å². The Hall–Kier alpha value is -2.42. The summed E-state index contributed by atoms with van der Waals surface area (Å²) in [6, 6.07) is 6.44. The Kier molecular flexibility index (Phi) is 2.75. The molecule has 1 aliphatic rings. The van der Waals surface area contributed by atoms with Crippen molar-refractivity contribution in [2.24, 2.45) is 5.41 Å². The lowest BCUT2D eigenvalue weighted by Crippen LogP contribution is -2.22. The predicted octanol–water partition coefficient (Wildman–Crippen LogP) is 2.15. The predicted molar refractivity (Wildman–Crippen MR) is 63.7 cm³/mol. The van der Waals surface area contributed by atoms with Gasteiger partial charge in [-0.25, -0.2) is 0 Å². The van der Waals surface area contributed by atoms with E-state index in [2.05, 4.69) is 5.32 Å². The van der Waals surface area contributed by atoms with E-state index in [9.17, 15) is 14.9 Å². The van der Waals surface area contributed by atoms with Crippen LogP contribution in [0, 0.1) is 33.8 Å². The van der Waals surface area contributed by atoms with Gasteiger partial charge in [0.1, 0.15) is 5.41 Å². The van der Waals surface area contributed by atoms with E-state index in [1.807, 2.05) is 6.07 Å². The highest BCUT2D eigenvalue weighted by Gasteiger charge is 2.50. The Morgan fingerprint density at radius 2 is 2.22 bits per heavy atom. The fourth-order valence-electron chi connectivity index (χ4n) is 1.65. The molecule has 0 radical (unpaired) electrons. The Balaban J connectivity index is 2.21. The number of hydrogen-bond donors (Lipinski definition) is 1. The zero-order valence-corrected chi connectivity index (χ0v) is 9.77. The Morgan fingerprint density at radius 1 is 1.56 bits per heavy atom. The number of nitro groups is 1. The van der Waals surface area contributed by atoms with Gasteiger partial charge in [-0.1, -0.05) is 6.07 Å². The lowest BCUT2D eigenvalue weighted by molar-refractivity contribution is -0.385. The van der Waals surface area contributed by atoms with Crippen LogP contribution in [0.15, 0.2) is 18.2 Å². The number of rotatable bonds is 3. The van der Waals surface area contributed by atoms with Gasteiger partial charge in [-0.15, -0.1) is 0 Å². The molecule has 1 aromatic carbocycles. The van der Waals surface area contributed by atoms with E-state index in [0.717, 1.165) is 0 Å². The standard InChI is InChI=1S/C12H11N3O3/c1-8-2-3-9(6-10(8)15(17)18)14-11(16)12(7-13)4-5-12/h2-3,6H,4-5H2,1H3,(H,14,16). The first-order chi connectivity index (χ1) is 8.48. The highest BCUT2D eigenvalue weighted by atomic mass is 16.6. The monoisotopic (exact) mass is 245 g/mol. The van der Waals surface area contributed by atoms with E-state index in [0.29, 0.717) is 24.1 Å². The molecule has 0 aliphatic heterocycles. The number of benzene rings is 1. The van der Waals surface area contributed by atoms with Gasteiger partial charge in [0.15, 0.2) is 0 Å². The van der Waals surface area contributed by atoms with E-state index < -0.39 is 10.3 Å². The van der Waals surface area contributed by atoms with Crippen LogP contribution in [-0.4, -0.2) is 10.8 Å². The number of nitrogens with one attached hydrogen (secondary N) is 1. The van der Waals surface area contributed by atoms with Crippen molar-refractivity contribution in [1.82, 2.24) is 0 Å². The molecule has 1 aromatic rings. The van der Waals surface area contributed by atoms with Crippen LogP contribution in [0.3, 0.4) is 0 Å². The maximum Gasteiger partial charge on any atom is 0.274 e. The van der Waals surface area contributed by atoms with Crippen LogP contribution in [0.25, 0.3) is 0 Å². The van der Waals surface area contributed by atoms with Gasteiger partial charge in [-0.3, -0.25) is 14.9 Å². The van der Waals surface area contributed by atoms with E-state index >= 15 is 0 Å². The highest BCUT2D eigenvalue weighted by molar-refractivity contribution is 5.99. The molecule has 0 unspecified atom stereocenters. The minimum Gasteiger partial charge on any atom is -0.324 e. The van der Waals surface area contributed by atoms with Crippen molar-refractivity contribution in [3.8, 4) is 6.07 Å². The van der Waals surface area contributed by atoms with Crippen molar-refractivity contribution >= 4 is 17.3 Å². The van der Waals surface area contributed by atoms with Gasteiger partial charge < -0.3 is 5.32 Å². The number of nitro benzene ring substituents is 1. The molecule has 0 bridgehead atoms. The maximum atomic E-state index is 11.8. The second-order valence-electron chi connectivity index (χ2n) is 4.41. The van der Waals surface area contributed by atoms with Crippen LogP contribution in [0.4, 0.5) is 11.4 Å².